The highest BCUT2D eigenvalue weighted by atomic mass is 16.5. The molecular weight excluding hydrogens is 190 g/mol. The molecule has 80 valence electrons. The summed E-state index contributed by atoms with van der Waals surface area (Å²) in [4.78, 5) is 12.9. The molecule has 0 saturated carbocycles. The molecule has 15 heavy (non-hydrogen) atoms. The molecule has 0 spiro atoms. The zero-order valence-electron chi connectivity index (χ0n) is 9.06. The van der Waals surface area contributed by atoms with Crippen LogP contribution in [-0.2, 0) is 11.2 Å². The first-order chi connectivity index (χ1) is 7.22. The molecule has 1 atom stereocenters. The second-order valence-corrected chi connectivity index (χ2v) is 4.01. The molecule has 1 aliphatic heterocycles. The van der Waals surface area contributed by atoms with E-state index in [4.69, 9.17) is 4.74 Å². The van der Waals surface area contributed by atoms with Crippen LogP contribution in [0.4, 0.5) is 0 Å². The van der Waals surface area contributed by atoms with Crippen LogP contribution < -0.4 is 4.74 Å². The number of fused-ring (bicyclic) bond motifs is 1. The summed E-state index contributed by atoms with van der Waals surface area (Å²) in [5, 5.41) is 0. The SMILES string of the molecule is CN(C)C(C=O)c1ccc2c(c1)CCO2. The Hall–Kier alpha value is -1.35. The molecule has 1 heterocycles. The van der Waals surface area contributed by atoms with Crippen LogP contribution in [0.25, 0.3) is 0 Å². The van der Waals surface area contributed by atoms with Gasteiger partial charge in [-0.2, -0.15) is 0 Å². The van der Waals surface area contributed by atoms with Crippen LogP contribution in [0.2, 0.25) is 0 Å². The van der Waals surface area contributed by atoms with Gasteiger partial charge in [0.15, 0.2) is 0 Å². The molecule has 0 radical (unpaired) electrons. The van der Waals surface area contributed by atoms with Crippen LogP contribution in [0.15, 0.2) is 18.2 Å². The first kappa shape index (κ1) is 10.2. The van der Waals surface area contributed by atoms with Crippen LogP contribution in [0.5, 0.6) is 5.75 Å². The van der Waals surface area contributed by atoms with Crippen molar-refractivity contribution in [2.75, 3.05) is 20.7 Å². The van der Waals surface area contributed by atoms with Gasteiger partial charge < -0.3 is 9.53 Å². The van der Waals surface area contributed by atoms with E-state index in [1.165, 1.54) is 5.56 Å². The van der Waals surface area contributed by atoms with E-state index in [0.29, 0.717) is 0 Å². The van der Waals surface area contributed by atoms with Gasteiger partial charge in [-0.05, 0) is 37.4 Å². The molecule has 2 rings (SSSR count). The number of carbonyl (C=O) groups is 1. The summed E-state index contributed by atoms with van der Waals surface area (Å²) in [6, 6.07) is 5.83. The minimum absolute atomic E-state index is 0.157. The van der Waals surface area contributed by atoms with Crippen molar-refractivity contribution in [2.45, 2.75) is 12.5 Å². The predicted octanol–water partition coefficient (Wildman–Crippen LogP) is 1.42. The molecular formula is C12H15NO2. The lowest BCUT2D eigenvalue weighted by Crippen LogP contribution is -2.21. The molecule has 0 bridgehead atoms. The fourth-order valence-electron chi connectivity index (χ4n) is 1.89. The molecule has 0 N–H and O–H groups in total. The third-order valence-electron chi connectivity index (χ3n) is 2.74. The molecule has 0 fully saturated rings. The average molecular weight is 205 g/mol. The van der Waals surface area contributed by atoms with Crippen LogP contribution in [-0.4, -0.2) is 31.9 Å². The van der Waals surface area contributed by atoms with Gasteiger partial charge in [0.1, 0.15) is 12.0 Å². The summed E-state index contributed by atoms with van der Waals surface area (Å²) < 4.78 is 5.43. The van der Waals surface area contributed by atoms with Gasteiger partial charge in [0.05, 0.1) is 12.6 Å². The van der Waals surface area contributed by atoms with Gasteiger partial charge in [-0.3, -0.25) is 4.90 Å². The lowest BCUT2D eigenvalue weighted by Gasteiger charge is -2.19. The minimum atomic E-state index is -0.157. The Bertz CT molecular complexity index is 374. The quantitative estimate of drug-likeness (QED) is 0.699. The molecule has 1 aliphatic rings. The maximum atomic E-state index is 11.0. The topological polar surface area (TPSA) is 29.5 Å². The lowest BCUT2D eigenvalue weighted by molar-refractivity contribution is -0.111. The van der Waals surface area contributed by atoms with E-state index in [1.807, 2.05) is 31.1 Å². The molecule has 0 aromatic heterocycles. The molecule has 0 aliphatic carbocycles. The molecule has 1 aromatic rings. The van der Waals surface area contributed by atoms with Gasteiger partial charge in [0, 0.05) is 6.42 Å². The number of rotatable bonds is 3. The number of benzene rings is 1. The van der Waals surface area contributed by atoms with Gasteiger partial charge in [0.25, 0.3) is 0 Å². The second kappa shape index (κ2) is 4.03. The van der Waals surface area contributed by atoms with Gasteiger partial charge >= 0.3 is 0 Å². The normalized spacial score (nSPS) is 15.9. The number of aldehydes is 1. The number of ether oxygens (including phenoxy) is 1. The monoisotopic (exact) mass is 205 g/mol. The van der Waals surface area contributed by atoms with E-state index in [2.05, 4.69) is 6.07 Å². The van der Waals surface area contributed by atoms with Crippen molar-refractivity contribution in [3.05, 3.63) is 29.3 Å². The van der Waals surface area contributed by atoms with E-state index >= 15 is 0 Å². The summed E-state index contributed by atoms with van der Waals surface area (Å²) >= 11 is 0. The Morgan fingerprint density at radius 2 is 2.27 bits per heavy atom. The van der Waals surface area contributed by atoms with Gasteiger partial charge in [0.2, 0.25) is 0 Å². The van der Waals surface area contributed by atoms with Crippen LogP contribution in [0, 0.1) is 0 Å². The number of hydrogen-bond acceptors (Lipinski definition) is 3. The Morgan fingerprint density at radius 1 is 1.47 bits per heavy atom. The van der Waals surface area contributed by atoms with Crippen molar-refractivity contribution >= 4 is 6.29 Å². The zero-order chi connectivity index (χ0) is 10.8. The average Bonchev–Trinajstić information content (AvgIpc) is 2.65. The first-order valence-corrected chi connectivity index (χ1v) is 5.09. The third-order valence-corrected chi connectivity index (χ3v) is 2.74. The van der Waals surface area contributed by atoms with Crippen molar-refractivity contribution in [3.63, 3.8) is 0 Å². The zero-order valence-corrected chi connectivity index (χ0v) is 9.06. The Balaban J connectivity index is 2.32. The maximum absolute atomic E-state index is 11.0. The number of carbonyl (C=O) groups excluding carboxylic acids is 1. The standard InChI is InChI=1S/C12H15NO2/c1-13(2)11(8-14)9-3-4-12-10(7-9)5-6-15-12/h3-4,7-8,11H,5-6H2,1-2H3. The Kier molecular flexibility index (Phi) is 2.73. The maximum Gasteiger partial charge on any atom is 0.141 e. The van der Waals surface area contributed by atoms with Crippen LogP contribution in [0.1, 0.15) is 17.2 Å². The van der Waals surface area contributed by atoms with E-state index in [1.54, 1.807) is 0 Å². The summed E-state index contributed by atoms with van der Waals surface area (Å²) in [6.07, 6.45) is 1.92. The van der Waals surface area contributed by atoms with E-state index in [-0.39, 0.29) is 6.04 Å². The smallest absolute Gasteiger partial charge is 0.141 e. The molecule has 0 saturated heterocycles. The summed E-state index contributed by atoms with van der Waals surface area (Å²) in [7, 11) is 3.81. The highest BCUT2D eigenvalue weighted by molar-refractivity contribution is 5.62. The van der Waals surface area contributed by atoms with E-state index < -0.39 is 0 Å². The fraction of sp³-hybridized carbons (Fsp3) is 0.417. The van der Waals surface area contributed by atoms with Crippen LogP contribution >= 0.6 is 0 Å². The number of likely N-dealkylation sites (N-methyl/N-ethyl adjacent to an activating group) is 1. The highest BCUT2D eigenvalue weighted by Crippen LogP contribution is 2.28. The molecule has 1 aromatic carbocycles. The molecule has 0 amide bonds. The number of hydrogen-bond donors (Lipinski definition) is 0. The first-order valence-electron chi connectivity index (χ1n) is 5.09. The van der Waals surface area contributed by atoms with Crippen LogP contribution in [0.3, 0.4) is 0 Å². The van der Waals surface area contributed by atoms with Gasteiger partial charge in [-0.25, -0.2) is 0 Å². The second-order valence-electron chi connectivity index (χ2n) is 4.01. The minimum Gasteiger partial charge on any atom is -0.493 e. The lowest BCUT2D eigenvalue weighted by atomic mass is 10.0. The summed E-state index contributed by atoms with van der Waals surface area (Å²) in [5.74, 6) is 0.960. The Morgan fingerprint density at radius 3 is 2.93 bits per heavy atom. The van der Waals surface area contributed by atoms with Crippen molar-refractivity contribution in [1.82, 2.24) is 4.90 Å². The van der Waals surface area contributed by atoms with Crippen molar-refractivity contribution in [1.29, 1.82) is 0 Å². The Labute approximate surface area is 89.7 Å². The van der Waals surface area contributed by atoms with Gasteiger partial charge in [-0.15, -0.1) is 0 Å². The molecule has 3 nitrogen and oxygen atoms in total. The van der Waals surface area contributed by atoms with E-state index in [9.17, 15) is 4.79 Å². The largest absolute Gasteiger partial charge is 0.493 e. The third kappa shape index (κ3) is 1.88. The van der Waals surface area contributed by atoms with Crippen molar-refractivity contribution in [2.24, 2.45) is 0 Å². The predicted molar refractivity (Wildman–Crippen MR) is 58.1 cm³/mol. The van der Waals surface area contributed by atoms with Crippen molar-refractivity contribution < 1.29 is 9.53 Å². The fourth-order valence-corrected chi connectivity index (χ4v) is 1.89. The highest BCUT2D eigenvalue weighted by Gasteiger charge is 2.17. The van der Waals surface area contributed by atoms with Crippen molar-refractivity contribution in [3.8, 4) is 5.75 Å². The number of nitrogens with zero attached hydrogens (tertiary/aromatic N) is 1. The van der Waals surface area contributed by atoms with Gasteiger partial charge in [-0.1, -0.05) is 6.07 Å². The van der Waals surface area contributed by atoms with E-state index in [0.717, 1.165) is 30.6 Å². The molecule has 1 unspecified atom stereocenters. The summed E-state index contributed by atoms with van der Waals surface area (Å²) in [5.41, 5.74) is 2.25. The summed E-state index contributed by atoms with van der Waals surface area (Å²) in [6.45, 7) is 0.756. The molecule has 3 heteroatoms.